The lowest BCUT2D eigenvalue weighted by atomic mass is 10.2. The van der Waals surface area contributed by atoms with Gasteiger partial charge >= 0.3 is 0 Å². The van der Waals surface area contributed by atoms with Crippen molar-refractivity contribution < 1.29 is 4.74 Å². The minimum Gasteiger partial charge on any atom is -0.397 e. The molecule has 1 unspecified atom stereocenters. The van der Waals surface area contributed by atoms with E-state index < -0.39 is 0 Å². The molecule has 0 radical (unpaired) electrons. The Morgan fingerprint density at radius 1 is 1.40 bits per heavy atom. The van der Waals surface area contributed by atoms with Gasteiger partial charge in [-0.05, 0) is 36.4 Å². The third-order valence-electron chi connectivity index (χ3n) is 2.73. The predicted molar refractivity (Wildman–Crippen MR) is 78.8 cm³/mol. The molecule has 0 saturated carbocycles. The van der Waals surface area contributed by atoms with Gasteiger partial charge in [0.2, 0.25) is 0 Å². The fraction of sp³-hybridized carbons (Fsp3) is 0.417. The van der Waals surface area contributed by atoms with E-state index in [4.69, 9.17) is 33.7 Å². The van der Waals surface area contributed by atoms with E-state index in [1.54, 1.807) is 16.8 Å². The third kappa shape index (κ3) is 3.20. The van der Waals surface area contributed by atoms with Crippen LogP contribution in [0.2, 0.25) is 10.0 Å². The zero-order chi connectivity index (χ0) is 14.7. The second kappa shape index (κ2) is 6.39. The molecule has 20 heavy (non-hydrogen) atoms. The van der Waals surface area contributed by atoms with Crippen molar-refractivity contribution in [1.82, 2.24) is 20.2 Å². The van der Waals surface area contributed by atoms with Gasteiger partial charge in [0.1, 0.15) is 0 Å². The minimum absolute atomic E-state index is 0.00219. The van der Waals surface area contributed by atoms with Crippen LogP contribution in [0.3, 0.4) is 0 Å². The van der Waals surface area contributed by atoms with E-state index >= 15 is 0 Å². The topological polar surface area (TPSA) is 78.8 Å². The molecule has 0 fully saturated rings. The van der Waals surface area contributed by atoms with Crippen LogP contribution in [-0.4, -0.2) is 32.9 Å². The molecule has 1 aromatic heterocycles. The molecule has 6 nitrogen and oxygen atoms in total. The first-order chi connectivity index (χ1) is 9.52. The minimum atomic E-state index is 0.00219. The summed E-state index contributed by atoms with van der Waals surface area (Å²) in [5.74, 6) is 0.571. The number of nitrogens with zero attached hydrogens (tertiary/aromatic N) is 4. The number of nitrogens with two attached hydrogens (primary N) is 1. The van der Waals surface area contributed by atoms with Crippen LogP contribution in [0.15, 0.2) is 12.1 Å². The molecule has 1 aromatic carbocycles. The highest BCUT2D eigenvalue weighted by molar-refractivity contribution is 6.43. The number of halogens is 2. The van der Waals surface area contributed by atoms with Crippen molar-refractivity contribution in [3.05, 3.63) is 22.2 Å². The number of hydrogen-bond donors (Lipinski definition) is 1. The first-order valence-corrected chi connectivity index (χ1v) is 6.91. The summed E-state index contributed by atoms with van der Waals surface area (Å²) in [4.78, 5) is 0. The Morgan fingerprint density at radius 3 is 2.80 bits per heavy atom. The van der Waals surface area contributed by atoms with Gasteiger partial charge in [-0.1, -0.05) is 23.2 Å². The molecule has 2 N–H and O–H groups in total. The second-order valence-electron chi connectivity index (χ2n) is 4.31. The molecule has 0 saturated heterocycles. The van der Waals surface area contributed by atoms with Gasteiger partial charge in [0.15, 0.2) is 5.82 Å². The van der Waals surface area contributed by atoms with Gasteiger partial charge in [-0.25, -0.2) is 4.68 Å². The number of benzene rings is 1. The molecule has 0 aliphatic rings. The van der Waals surface area contributed by atoms with Crippen LogP contribution in [0.4, 0.5) is 5.69 Å². The maximum absolute atomic E-state index is 6.03. The highest BCUT2D eigenvalue weighted by Crippen LogP contribution is 2.32. The Labute approximate surface area is 126 Å². The fourth-order valence-electron chi connectivity index (χ4n) is 1.85. The standard InChI is InChI=1S/C12H15Cl2N5O/c1-3-20-7(2)6-19-12(16-17-18-19)8-4-9(13)11(14)10(15)5-8/h4-5,7H,3,6,15H2,1-2H3. The summed E-state index contributed by atoms with van der Waals surface area (Å²) in [6.45, 7) is 5.07. The fourth-order valence-corrected chi connectivity index (χ4v) is 2.19. The number of tetrazole rings is 1. The normalized spacial score (nSPS) is 12.6. The SMILES string of the molecule is CCOC(C)Cn1nnnc1-c1cc(N)c(Cl)c(Cl)c1. The van der Waals surface area contributed by atoms with Gasteiger partial charge in [-0.3, -0.25) is 0 Å². The Kier molecular flexibility index (Phi) is 4.80. The lowest BCUT2D eigenvalue weighted by Gasteiger charge is -2.12. The lowest BCUT2D eigenvalue weighted by molar-refractivity contribution is 0.0614. The van der Waals surface area contributed by atoms with Crippen molar-refractivity contribution in [2.75, 3.05) is 12.3 Å². The van der Waals surface area contributed by atoms with Gasteiger partial charge in [0.25, 0.3) is 0 Å². The molecule has 2 aromatic rings. The summed E-state index contributed by atoms with van der Waals surface area (Å²) in [5.41, 5.74) is 6.91. The molecule has 1 atom stereocenters. The first-order valence-electron chi connectivity index (χ1n) is 6.15. The van der Waals surface area contributed by atoms with E-state index in [1.165, 1.54) is 0 Å². The van der Waals surface area contributed by atoms with Crippen molar-refractivity contribution in [2.24, 2.45) is 0 Å². The average molecular weight is 316 g/mol. The molecule has 0 aliphatic carbocycles. The molecule has 0 spiro atoms. The number of aromatic nitrogens is 4. The molecule has 1 heterocycles. The van der Waals surface area contributed by atoms with E-state index in [0.717, 1.165) is 0 Å². The van der Waals surface area contributed by atoms with Gasteiger partial charge in [-0.15, -0.1) is 5.10 Å². The van der Waals surface area contributed by atoms with Crippen molar-refractivity contribution in [3.8, 4) is 11.4 Å². The van der Waals surface area contributed by atoms with Crippen LogP contribution in [0.1, 0.15) is 13.8 Å². The van der Waals surface area contributed by atoms with Gasteiger partial charge < -0.3 is 10.5 Å². The van der Waals surface area contributed by atoms with Crippen LogP contribution in [-0.2, 0) is 11.3 Å². The molecule has 0 aliphatic heterocycles. The smallest absolute Gasteiger partial charge is 0.182 e. The third-order valence-corrected chi connectivity index (χ3v) is 3.54. The molecule has 8 heteroatoms. The van der Waals surface area contributed by atoms with Gasteiger partial charge in [0.05, 0.1) is 28.4 Å². The van der Waals surface area contributed by atoms with Gasteiger partial charge in [-0.2, -0.15) is 0 Å². The van der Waals surface area contributed by atoms with Crippen LogP contribution >= 0.6 is 23.2 Å². The number of rotatable bonds is 5. The van der Waals surface area contributed by atoms with Crippen LogP contribution in [0.25, 0.3) is 11.4 Å². The second-order valence-corrected chi connectivity index (χ2v) is 5.10. The monoisotopic (exact) mass is 315 g/mol. The molecule has 2 rings (SSSR count). The van der Waals surface area contributed by atoms with Crippen molar-refractivity contribution in [3.63, 3.8) is 0 Å². The Balaban J connectivity index is 2.32. The molecule has 0 amide bonds. The van der Waals surface area contributed by atoms with Crippen molar-refractivity contribution in [2.45, 2.75) is 26.5 Å². The molecular weight excluding hydrogens is 301 g/mol. The quantitative estimate of drug-likeness (QED) is 0.858. The Bertz CT molecular complexity index is 578. The number of hydrogen-bond acceptors (Lipinski definition) is 5. The summed E-state index contributed by atoms with van der Waals surface area (Å²) in [5, 5.41) is 12.3. The van der Waals surface area contributed by atoms with E-state index in [2.05, 4.69) is 15.5 Å². The highest BCUT2D eigenvalue weighted by atomic mass is 35.5. The highest BCUT2D eigenvalue weighted by Gasteiger charge is 2.14. The molecule has 0 bridgehead atoms. The number of anilines is 1. The first kappa shape index (κ1) is 15.0. The Morgan fingerprint density at radius 2 is 2.15 bits per heavy atom. The maximum atomic E-state index is 6.03. The molecule has 108 valence electrons. The molecular formula is C12H15Cl2N5O. The van der Waals surface area contributed by atoms with E-state index in [-0.39, 0.29) is 6.10 Å². The summed E-state index contributed by atoms with van der Waals surface area (Å²) in [7, 11) is 0. The summed E-state index contributed by atoms with van der Waals surface area (Å²) >= 11 is 12.0. The maximum Gasteiger partial charge on any atom is 0.182 e. The van der Waals surface area contributed by atoms with E-state index in [0.29, 0.717) is 40.3 Å². The zero-order valence-corrected chi connectivity index (χ0v) is 12.7. The van der Waals surface area contributed by atoms with Crippen molar-refractivity contribution in [1.29, 1.82) is 0 Å². The summed E-state index contributed by atoms with van der Waals surface area (Å²) in [6.07, 6.45) is 0.00219. The lowest BCUT2D eigenvalue weighted by Crippen LogP contribution is -2.18. The van der Waals surface area contributed by atoms with E-state index in [1.807, 2.05) is 13.8 Å². The average Bonchev–Trinajstić information content (AvgIpc) is 2.83. The van der Waals surface area contributed by atoms with Crippen LogP contribution < -0.4 is 5.73 Å². The Hall–Kier alpha value is -1.37. The predicted octanol–water partition coefficient (Wildman–Crippen LogP) is 2.65. The summed E-state index contributed by atoms with van der Waals surface area (Å²) in [6, 6.07) is 3.38. The van der Waals surface area contributed by atoms with Gasteiger partial charge in [0, 0.05) is 12.2 Å². The van der Waals surface area contributed by atoms with Crippen LogP contribution in [0.5, 0.6) is 0 Å². The largest absolute Gasteiger partial charge is 0.397 e. The number of ether oxygens (including phenoxy) is 1. The number of nitrogen functional groups attached to an aromatic ring is 1. The summed E-state index contributed by atoms with van der Waals surface area (Å²) < 4.78 is 7.14. The van der Waals surface area contributed by atoms with Crippen molar-refractivity contribution >= 4 is 28.9 Å². The zero-order valence-electron chi connectivity index (χ0n) is 11.2. The van der Waals surface area contributed by atoms with Crippen LogP contribution in [0, 0.1) is 0 Å². The van der Waals surface area contributed by atoms with E-state index in [9.17, 15) is 0 Å².